The van der Waals surface area contributed by atoms with Crippen molar-refractivity contribution >= 4 is 29.7 Å². The molecule has 1 aromatic heterocycles. The van der Waals surface area contributed by atoms with Crippen LogP contribution in [0.25, 0.3) is 5.69 Å². The third-order valence-electron chi connectivity index (χ3n) is 3.78. The van der Waals surface area contributed by atoms with Crippen molar-refractivity contribution in [3.05, 3.63) is 35.9 Å². The van der Waals surface area contributed by atoms with Crippen molar-refractivity contribution in [1.82, 2.24) is 25.4 Å². The number of ether oxygens (including phenoxy) is 1. The molecule has 0 bridgehead atoms. The topological polar surface area (TPSA) is 115 Å². The van der Waals surface area contributed by atoms with Gasteiger partial charge in [-0.3, -0.25) is 19.5 Å². The van der Waals surface area contributed by atoms with E-state index in [0.717, 1.165) is 11.8 Å². The molecule has 2 aromatic rings. The summed E-state index contributed by atoms with van der Waals surface area (Å²) in [6.45, 7) is 0. The molecule has 142 valence electrons. The minimum atomic E-state index is -0.565. The largest absolute Gasteiger partial charge is 0.468 e. The zero-order valence-corrected chi connectivity index (χ0v) is 15.1. The molecule has 1 atom stereocenters. The maximum Gasteiger partial charge on any atom is 0.321 e. The third-order valence-corrected chi connectivity index (χ3v) is 4.68. The second kappa shape index (κ2) is 8.16. The Morgan fingerprint density at radius 2 is 2.07 bits per heavy atom. The molecule has 1 aliphatic rings. The molecule has 2 heterocycles. The van der Waals surface area contributed by atoms with E-state index in [4.69, 9.17) is 0 Å². The lowest BCUT2D eigenvalue weighted by Crippen LogP contribution is -2.53. The van der Waals surface area contributed by atoms with Gasteiger partial charge in [0.1, 0.15) is 11.6 Å². The number of carbonyl (C=O) groups excluding carboxylic acids is 3. The summed E-state index contributed by atoms with van der Waals surface area (Å²) in [7, 11) is 1.29. The van der Waals surface area contributed by atoms with Crippen LogP contribution in [-0.2, 0) is 20.7 Å². The molecule has 1 fully saturated rings. The van der Waals surface area contributed by atoms with E-state index < -0.39 is 23.9 Å². The Balaban J connectivity index is 1.89. The van der Waals surface area contributed by atoms with Crippen LogP contribution in [0, 0.1) is 5.82 Å². The van der Waals surface area contributed by atoms with Gasteiger partial charge in [-0.05, 0) is 24.3 Å². The minimum Gasteiger partial charge on any atom is -0.468 e. The maximum atomic E-state index is 13.3. The molecule has 3 rings (SSSR count). The highest BCUT2D eigenvalue weighted by atomic mass is 32.2. The third kappa shape index (κ3) is 4.61. The number of esters is 1. The molecule has 2 N–H and O–H groups in total. The van der Waals surface area contributed by atoms with Crippen LogP contribution in [0.4, 0.5) is 9.18 Å². The van der Waals surface area contributed by atoms with Gasteiger partial charge in [-0.2, -0.15) is 0 Å². The molecule has 0 saturated carbocycles. The minimum absolute atomic E-state index is 0.0262. The van der Waals surface area contributed by atoms with Crippen molar-refractivity contribution in [1.29, 1.82) is 0 Å². The van der Waals surface area contributed by atoms with Gasteiger partial charge in [-0.1, -0.05) is 11.8 Å². The van der Waals surface area contributed by atoms with Crippen LogP contribution in [0.2, 0.25) is 0 Å². The molecule has 1 aromatic carbocycles. The first-order valence-corrected chi connectivity index (χ1v) is 8.95. The molecule has 0 aliphatic carbocycles. The molecule has 0 radical (unpaired) electrons. The Morgan fingerprint density at radius 1 is 1.33 bits per heavy atom. The van der Waals surface area contributed by atoms with Crippen molar-refractivity contribution in [2.24, 2.45) is 0 Å². The van der Waals surface area contributed by atoms with Gasteiger partial charge >= 0.3 is 12.0 Å². The van der Waals surface area contributed by atoms with Crippen molar-refractivity contribution in [2.75, 3.05) is 12.9 Å². The summed E-state index contributed by atoms with van der Waals surface area (Å²) in [5.74, 6) is -0.705. The van der Waals surface area contributed by atoms with E-state index in [2.05, 4.69) is 25.6 Å². The van der Waals surface area contributed by atoms with Crippen molar-refractivity contribution in [2.45, 2.75) is 24.0 Å². The van der Waals surface area contributed by atoms with E-state index in [-0.39, 0.29) is 24.5 Å². The number of hydrogen-bond acceptors (Lipinski definition) is 7. The number of nitrogens with one attached hydrogen (secondary N) is 2. The fourth-order valence-corrected chi connectivity index (χ4v) is 3.38. The quantitative estimate of drug-likeness (QED) is 0.551. The Bertz CT molecular complexity index is 854. The summed E-state index contributed by atoms with van der Waals surface area (Å²) in [4.78, 5) is 34.5. The first kappa shape index (κ1) is 18.8. The summed E-state index contributed by atoms with van der Waals surface area (Å²) in [6, 6.07) is 4.68. The number of hydrogen-bond donors (Lipinski definition) is 2. The number of benzene rings is 1. The van der Waals surface area contributed by atoms with Crippen LogP contribution in [0.1, 0.15) is 12.2 Å². The van der Waals surface area contributed by atoms with Crippen LogP contribution >= 0.6 is 11.8 Å². The molecule has 27 heavy (non-hydrogen) atoms. The normalized spacial score (nSPS) is 16.6. The first-order valence-electron chi connectivity index (χ1n) is 7.96. The number of amides is 3. The number of halogens is 1. The van der Waals surface area contributed by atoms with Gasteiger partial charge in [0, 0.05) is 24.6 Å². The number of imide groups is 1. The number of nitrogens with zero attached hydrogens (tertiary/aromatic N) is 3. The summed E-state index contributed by atoms with van der Waals surface area (Å²) in [5.41, 5.74) is 0.593. The van der Waals surface area contributed by atoms with Crippen LogP contribution < -0.4 is 10.6 Å². The van der Waals surface area contributed by atoms with Gasteiger partial charge in [0.05, 0.1) is 12.9 Å². The Labute approximate surface area is 157 Å². The number of thioether (sulfide) groups is 1. The summed E-state index contributed by atoms with van der Waals surface area (Å²) in [6.07, 6.45) is 0.342. The van der Waals surface area contributed by atoms with Gasteiger partial charge in [0.15, 0.2) is 5.16 Å². The van der Waals surface area contributed by atoms with Crippen LogP contribution in [-0.4, -0.2) is 51.6 Å². The Kier molecular flexibility index (Phi) is 5.69. The number of urea groups is 1. The fraction of sp³-hybridized carbons (Fsp3) is 0.312. The molecule has 11 heteroatoms. The zero-order chi connectivity index (χ0) is 19.4. The number of aromatic nitrogens is 3. The van der Waals surface area contributed by atoms with E-state index in [9.17, 15) is 18.8 Å². The Hall–Kier alpha value is -2.95. The molecular weight excluding hydrogens is 377 g/mol. The number of methoxy groups -OCH3 is 1. The zero-order valence-electron chi connectivity index (χ0n) is 14.3. The van der Waals surface area contributed by atoms with E-state index in [0.29, 0.717) is 16.7 Å². The van der Waals surface area contributed by atoms with Gasteiger partial charge in [0.25, 0.3) is 0 Å². The highest BCUT2D eigenvalue weighted by molar-refractivity contribution is 7.99. The first-order chi connectivity index (χ1) is 13.0. The van der Waals surface area contributed by atoms with E-state index >= 15 is 0 Å². The Morgan fingerprint density at radius 3 is 2.74 bits per heavy atom. The molecule has 0 spiro atoms. The molecule has 1 unspecified atom stereocenters. The average molecular weight is 393 g/mol. The van der Waals surface area contributed by atoms with Crippen LogP contribution in [0.5, 0.6) is 0 Å². The highest BCUT2D eigenvalue weighted by Crippen LogP contribution is 2.23. The SMILES string of the molecule is COC(=O)CSc1nnc(CC2CC(=O)NC(=O)N2)n1-c1ccc(F)cc1. The fourth-order valence-electron chi connectivity index (χ4n) is 2.58. The van der Waals surface area contributed by atoms with E-state index in [1.807, 2.05) is 0 Å². The summed E-state index contributed by atoms with van der Waals surface area (Å²) < 4.78 is 19.6. The summed E-state index contributed by atoms with van der Waals surface area (Å²) in [5, 5.41) is 13.4. The van der Waals surface area contributed by atoms with Crippen molar-refractivity contribution in [3.63, 3.8) is 0 Å². The van der Waals surface area contributed by atoms with Crippen molar-refractivity contribution < 1.29 is 23.5 Å². The number of rotatable bonds is 6. The molecular formula is C16H16FN5O4S. The van der Waals surface area contributed by atoms with E-state index in [1.165, 1.54) is 19.2 Å². The number of carbonyl (C=O) groups is 3. The predicted octanol–water partition coefficient (Wildman–Crippen LogP) is 0.812. The maximum absolute atomic E-state index is 13.3. The lowest BCUT2D eigenvalue weighted by molar-refractivity contribution is -0.137. The van der Waals surface area contributed by atoms with Crippen LogP contribution in [0.15, 0.2) is 29.4 Å². The van der Waals surface area contributed by atoms with E-state index in [1.54, 1.807) is 16.7 Å². The monoisotopic (exact) mass is 393 g/mol. The smallest absolute Gasteiger partial charge is 0.321 e. The van der Waals surface area contributed by atoms with Gasteiger partial charge in [0.2, 0.25) is 5.91 Å². The predicted molar refractivity (Wildman–Crippen MR) is 92.8 cm³/mol. The second-order valence-corrected chi connectivity index (χ2v) is 6.64. The summed E-state index contributed by atoms with van der Waals surface area (Å²) >= 11 is 1.12. The van der Waals surface area contributed by atoms with Gasteiger partial charge in [-0.15, -0.1) is 10.2 Å². The lowest BCUT2D eigenvalue weighted by atomic mass is 10.1. The molecule has 1 saturated heterocycles. The van der Waals surface area contributed by atoms with Crippen LogP contribution in [0.3, 0.4) is 0 Å². The van der Waals surface area contributed by atoms with Crippen molar-refractivity contribution in [3.8, 4) is 5.69 Å². The molecule has 1 aliphatic heterocycles. The second-order valence-electron chi connectivity index (χ2n) is 5.70. The highest BCUT2D eigenvalue weighted by Gasteiger charge is 2.27. The molecule has 9 nitrogen and oxygen atoms in total. The van der Waals surface area contributed by atoms with Gasteiger partial charge in [-0.25, -0.2) is 9.18 Å². The lowest BCUT2D eigenvalue weighted by Gasteiger charge is -2.23. The standard InChI is InChI=1S/C16H16FN5O4S/c1-26-14(24)8-27-16-21-20-12(6-10-7-13(23)19-15(25)18-10)22(16)11-4-2-9(17)3-5-11/h2-5,10H,6-8H2,1H3,(H2,18,19,23,25). The molecule has 3 amide bonds. The van der Waals surface area contributed by atoms with Gasteiger partial charge < -0.3 is 10.1 Å². The average Bonchev–Trinajstić information content (AvgIpc) is 3.02.